The van der Waals surface area contributed by atoms with Gasteiger partial charge in [-0.05, 0) is 127 Å². The first-order valence-corrected chi connectivity index (χ1v) is 20.3. The first-order chi connectivity index (χ1) is 22.3. The van der Waals surface area contributed by atoms with Crippen LogP contribution in [0, 0.1) is 0 Å². The van der Waals surface area contributed by atoms with Crippen LogP contribution in [0.3, 0.4) is 0 Å². The lowest BCUT2D eigenvalue weighted by Gasteiger charge is -2.37. The summed E-state index contributed by atoms with van der Waals surface area (Å²) in [7, 11) is 0. The van der Waals surface area contributed by atoms with Crippen LogP contribution in [0.4, 0.5) is 0 Å². The smallest absolute Gasteiger partial charge is 0.0786 e. The molecular weight excluding hydrogens is 603 g/mol. The quantitative estimate of drug-likeness (QED) is 0.0687. The van der Waals surface area contributed by atoms with Crippen molar-refractivity contribution >= 4 is 23.2 Å². The number of unbranched alkanes of at least 4 members (excludes halogenated alkanes) is 10. The summed E-state index contributed by atoms with van der Waals surface area (Å²) < 4.78 is 2.62. The van der Waals surface area contributed by atoms with Crippen molar-refractivity contribution in [2.45, 2.75) is 144 Å². The average Bonchev–Trinajstić information content (AvgIpc) is 3.08. The van der Waals surface area contributed by atoms with Crippen LogP contribution in [0.15, 0.2) is 48.5 Å². The van der Waals surface area contributed by atoms with Gasteiger partial charge in [0.25, 0.3) is 0 Å². The van der Waals surface area contributed by atoms with E-state index in [1.165, 1.54) is 175 Å². The predicted molar refractivity (Wildman–Crippen MR) is 208 cm³/mol. The highest BCUT2D eigenvalue weighted by atomic mass is 35.5. The van der Waals surface area contributed by atoms with E-state index in [-0.39, 0.29) is 0 Å². The molecule has 0 heterocycles. The summed E-state index contributed by atoms with van der Waals surface area (Å²) in [4.78, 5) is 0. The molecule has 0 atom stereocenters. The Morgan fingerprint density at radius 2 is 0.652 bits per heavy atom. The molecule has 0 saturated heterocycles. The third-order valence-electron chi connectivity index (χ3n) is 10.7. The molecule has 2 aromatic rings. The van der Waals surface area contributed by atoms with E-state index in [0.29, 0.717) is 0 Å². The third-order valence-corrected chi connectivity index (χ3v) is 11.2. The molecule has 4 heteroatoms. The first-order valence-electron chi connectivity index (χ1n) is 19.5. The Labute approximate surface area is 297 Å². The van der Waals surface area contributed by atoms with Crippen molar-refractivity contribution in [1.82, 2.24) is 0 Å². The monoisotopic (exact) mass is 677 g/mol. The van der Waals surface area contributed by atoms with E-state index in [9.17, 15) is 0 Å². The number of nitrogens with zero attached hydrogens (tertiary/aromatic N) is 2. The lowest BCUT2D eigenvalue weighted by Crippen LogP contribution is -2.49. The number of quaternary nitrogens is 2. The third kappa shape index (κ3) is 19.1. The van der Waals surface area contributed by atoms with Gasteiger partial charge in [0.1, 0.15) is 0 Å². The Balaban J connectivity index is 0.000000460. The summed E-state index contributed by atoms with van der Waals surface area (Å²) in [5.74, 6) is 0. The number of rotatable bonds is 26. The fraction of sp³-hybridized carbons (Fsp3) is 0.714. The van der Waals surface area contributed by atoms with E-state index in [2.05, 4.69) is 65.8 Å². The second kappa shape index (κ2) is 26.8. The van der Waals surface area contributed by atoms with Crippen molar-refractivity contribution in [2.24, 2.45) is 0 Å². The molecule has 0 saturated carbocycles. The van der Waals surface area contributed by atoms with E-state index in [1.807, 2.05) is 24.3 Å². The lowest BCUT2D eigenvalue weighted by molar-refractivity contribution is -0.925. The standard InChI is InChI=1S/2C21H37ClN/c2*1-4-7-8-9-11-18-23(5-2,6-3)19-12-10-13-20-14-16-21(22)17-15-20/h2*14-17H,4-13,18-19H2,1-3H3/q2*+1. The SMILES string of the molecule is CCCCCCC[N+](CC)(CC)CCCCc1ccc(Cl)cc1.CCCCCCC[N+](CC)(CC)CCCCc1ccc(Cl)cc1. The van der Waals surface area contributed by atoms with Crippen molar-refractivity contribution < 1.29 is 8.97 Å². The highest BCUT2D eigenvalue weighted by Gasteiger charge is 2.22. The molecule has 0 aliphatic rings. The predicted octanol–water partition coefficient (Wildman–Crippen LogP) is 13.0. The molecule has 0 spiro atoms. The summed E-state index contributed by atoms with van der Waals surface area (Å²) in [6.45, 7) is 24.6. The minimum absolute atomic E-state index is 0.837. The maximum absolute atomic E-state index is 5.95. The van der Waals surface area contributed by atoms with Gasteiger partial charge in [-0.25, -0.2) is 0 Å². The zero-order valence-electron chi connectivity index (χ0n) is 31.2. The Kier molecular flexibility index (Phi) is 25.1. The Morgan fingerprint density at radius 1 is 0.370 bits per heavy atom. The number of benzene rings is 2. The molecule has 264 valence electrons. The summed E-state index contributed by atoms with van der Waals surface area (Å²) in [5.41, 5.74) is 2.83. The topological polar surface area (TPSA) is 0 Å². The minimum atomic E-state index is 0.837. The van der Waals surface area contributed by atoms with Gasteiger partial charge in [0.2, 0.25) is 0 Å². The molecule has 2 nitrogen and oxygen atoms in total. The molecule has 2 aromatic carbocycles. The first kappa shape index (κ1) is 43.0. The zero-order chi connectivity index (χ0) is 33.9. The van der Waals surface area contributed by atoms with Gasteiger partial charge < -0.3 is 8.97 Å². The van der Waals surface area contributed by atoms with Gasteiger partial charge in [-0.15, -0.1) is 0 Å². The van der Waals surface area contributed by atoms with Crippen LogP contribution in [0.1, 0.15) is 143 Å². The maximum Gasteiger partial charge on any atom is 0.0786 e. The van der Waals surface area contributed by atoms with Crippen LogP contribution >= 0.6 is 23.2 Å². The molecule has 2 rings (SSSR count). The van der Waals surface area contributed by atoms with Gasteiger partial charge in [0.15, 0.2) is 0 Å². The molecule has 0 aliphatic carbocycles. The van der Waals surface area contributed by atoms with Gasteiger partial charge in [0.05, 0.1) is 52.4 Å². The number of halogens is 2. The van der Waals surface area contributed by atoms with Crippen LogP contribution in [0.5, 0.6) is 0 Å². The van der Waals surface area contributed by atoms with E-state index in [4.69, 9.17) is 23.2 Å². The van der Waals surface area contributed by atoms with Crippen LogP contribution in [-0.4, -0.2) is 61.3 Å². The Hall–Kier alpha value is -1.06. The van der Waals surface area contributed by atoms with Gasteiger partial charge in [-0.2, -0.15) is 0 Å². The fourth-order valence-electron chi connectivity index (χ4n) is 6.89. The molecule has 0 N–H and O–H groups in total. The highest BCUT2D eigenvalue weighted by molar-refractivity contribution is 6.30. The van der Waals surface area contributed by atoms with Gasteiger partial charge in [0, 0.05) is 10.0 Å². The second-order valence-corrected chi connectivity index (χ2v) is 14.7. The summed E-state index contributed by atoms with van der Waals surface area (Å²) in [5, 5.41) is 1.67. The lowest BCUT2D eigenvalue weighted by atomic mass is 10.1. The highest BCUT2D eigenvalue weighted by Crippen LogP contribution is 2.18. The van der Waals surface area contributed by atoms with E-state index in [0.717, 1.165) is 10.0 Å². The normalized spacial score (nSPS) is 11.8. The van der Waals surface area contributed by atoms with E-state index >= 15 is 0 Å². The molecule has 0 unspecified atom stereocenters. The van der Waals surface area contributed by atoms with Gasteiger partial charge >= 0.3 is 0 Å². The van der Waals surface area contributed by atoms with Crippen LogP contribution in [0.2, 0.25) is 10.0 Å². The largest absolute Gasteiger partial charge is 0.324 e. The van der Waals surface area contributed by atoms with Crippen molar-refractivity contribution in [2.75, 3.05) is 52.4 Å². The molecule has 0 aromatic heterocycles. The molecule has 46 heavy (non-hydrogen) atoms. The molecule has 0 aliphatic heterocycles. The van der Waals surface area contributed by atoms with Crippen LogP contribution in [0.25, 0.3) is 0 Å². The van der Waals surface area contributed by atoms with Crippen LogP contribution in [-0.2, 0) is 12.8 Å². The minimum Gasteiger partial charge on any atom is -0.324 e. The average molecular weight is 678 g/mol. The molecule has 0 fully saturated rings. The molecule has 0 bridgehead atoms. The number of hydrogen-bond acceptors (Lipinski definition) is 0. The zero-order valence-corrected chi connectivity index (χ0v) is 32.8. The van der Waals surface area contributed by atoms with Crippen molar-refractivity contribution in [3.05, 3.63) is 69.7 Å². The fourth-order valence-corrected chi connectivity index (χ4v) is 7.14. The Morgan fingerprint density at radius 3 is 0.935 bits per heavy atom. The number of aryl methyl sites for hydroxylation is 2. The van der Waals surface area contributed by atoms with E-state index in [1.54, 1.807) is 0 Å². The number of hydrogen-bond donors (Lipinski definition) is 0. The molecule has 0 radical (unpaired) electrons. The van der Waals surface area contributed by atoms with E-state index < -0.39 is 0 Å². The second-order valence-electron chi connectivity index (χ2n) is 13.8. The van der Waals surface area contributed by atoms with Gasteiger partial charge in [-0.3, -0.25) is 0 Å². The molecule has 0 amide bonds. The van der Waals surface area contributed by atoms with Gasteiger partial charge in [-0.1, -0.05) is 99.8 Å². The summed E-state index contributed by atoms with van der Waals surface area (Å²) in [6.07, 6.45) is 21.6. The Bertz CT molecular complexity index is 869. The van der Waals surface area contributed by atoms with Crippen molar-refractivity contribution in [3.8, 4) is 0 Å². The maximum atomic E-state index is 5.95. The molecular formula is C42H74Cl2N2+2. The summed E-state index contributed by atoms with van der Waals surface area (Å²) >= 11 is 11.9. The van der Waals surface area contributed by atoms with Crippen molar-refractivity contribution in [1.29, 1.82) is 0 Å². The summed E-state index contributed by atoms with van der Waals surface area (Å²) in [6, 6.07) is 16.7. The van der Waals surface area contributed by atoms with Crippen LogP contribution < -0.4 is 0 Å². The van der Waals surface area contributed by atoms with Crippen molar-refractivity contribution in [3.63, 3.8) is 0 Å².